The molecular formula is C12H15ClO2. The Morgan fingerprint density at radius 2 is 1.93 bits per heavy atom. The Morgan fingerprint density at radius 3 is 2.40 bits per heavy atom. The molecule has 2 rings (SSSR count). The molecule has 82 valence electrons. The Balaban J connectivity index is 2.66. The van der Waals surface area contributed by atoms with Crippen molar-refractivity contribution in [2.75, 3.05) is 7.11 Å². The number of hydrogen-bond acceptors (Lipinski definition) is 2. The fourth-order valence-corrected chi connectivity index (χ4v) is 2.29. The molecule has 0 heterocycles. The first-order valence-electron chi connectivity index (χ1n) is 5.06. The van der Waals surface area contributed by atoms with E-state index in [1.165, 1.54) is 0 Å². The second kappa shape index (κ2) is 3.39. The van der Waals surface area contributed by atoms with Crippen molar-refractivity contribution in [1.29, 1.82) is 0 Å². The van der Waals surface area contributed by atoms with Crippen LogP contribution in [0.3, 0.4) is 0 Å². The second-order valence-corrected chi connectivity index (χ2v) is 4.64. The minimum absolute atomic E-state index is 0.610. The summed E-state index contributed by atoms with van der Waals surface area (Å²) < 4.78 is 5.31. The van der Waals surface area contributed by atoms with Crippen LogP contribution in [0.4, 0.5) is 0 Å². The van der Waals surface area contributed by atoms with Gasteiger partial charge >= 0.3 is 0 Å². The highest BCUT2D eigenvalue weighted by molar-refractivity contribution is 6.33. The van der Waals surface area contributed by atoms with Gasteiger partial charge < -0.3 is 9.84 Å². The highest BCUT2D eigenvalue weighted by Gasteiger charge is 2.45. The van der Waals surface area contributed by atoms with E-state index in [0.717, 1.165) is 29.5 Å². The number of aryl methyl sites for hydroxylation is 2. The smallest absolute Gasteiger partial charge is 0.144 e. The van der Waals surface area contributed by atoms with Crippen LogP contribution >= 0.6 is 11.6 Å². The summed E-state index contributed by atoms with van der Waals surface area (Å²) in [5, 5.41) is 10.8. The average molecular weight is 227 g/mol. The topological polar surface area (TPSA) is 29.5 Å². The zero-order valence-corrected chi connectivity index (χ0v) is 9.98. The number of hydrogen-bond donors (Lipinski definition) is 1. The average Bonchev–Trinajstić information content (AvgIpc) is 2.90. The predicted octanol–water partition coefficient (Wildman–Crippen LogP) is 2.95. The first-order valence-corrected chi connectivity index (χ1v) is 5.44. The van der Waals surface area contributed by atoms with Crippen molar-refractivity contribution in [2.24, 2.45) is 0 Å². The van der Waals surface area contributed by atoms with E-state index in [-0.39, 0.29) is 0 Å². The third-order valence-electron chi connectivity index (χ3n) is 2.99. The molecule has 1 fully saturated rings. The van der Waals surface area contributed by atoms with Gasteiger partial charge in [0.2, 0.25) is 0 Å². The van der Waals surface area contributed by atoms with E-state index < -0.39 is 5.60 Å². The van der Waals surface area contributed by atoms with Crippen LogP contribution in [0.25, 0.3) is 0 Å². The molecule has 0 radical (unpaired) electrons. The van der Waals surface area contributed by atoms with Gasteiger partial charge in [-0.2, -0.15) is 0 Å². The standard InChI is InChI=1S/C12H15ClO2/c1-7-6-8(2)10(13)11(15-3)9(7)12(14)4-5-12/h6,14H,4-5H2,1-3H3. The molecule has 3 heteroatoms. The third kappa shape index (κ3) is 1.62. The van der Waals surface area contributed by atoms with Crippen molar-refractivity contribution in [3.8, 4) is 5.75 Å². The van der Waals surface area contributed by atoms with E-state index in [0.29, 0.717) is 10.8 Å². The van der Waals surface area contributed by atoms with E-state index >= 15 is 0 Å². The van der Waals surface area contributed by atoms with Crippen LogP contribution in [0.15, 0.2) is 6.07 Å². The number of rotatable bonds is 2. The van der Waals surface area contributed by atoms with Gasteiger partial charge in [0.15, 0.2) is 0 Å². The summed E-state index contributed by atoms with van der Waals surface area (Å²) in [6.07, 6.45) is 1.59. The van der Waals surface area contributed by atoms with Gasteiger partial charge in [0, 0.05) is 5.56 Å². The molecule has 15 heavy (non-hydrogen) atoms. The highest BCUT2D eigenvalue weighted by Crippen LogP contribution is 2.52. The Labute approximate surface area is 94.8 Å². The molecule has 0 spiro atoms. The molecule has 0 aromatic heterocycles. The molecule has 0 bridgehead atoms. The maximum Gasteiger partial charge on any atom is 0.144 e. The molecule has 1 aliphatic carbocycles. The fourth-order valence-electron chi connectivity index (χ4n) is 2.07. The zero-order chi connectivity index (χ0) is 11.2. The summed E-state index contributed by atoms with van der Waals surface area (Å²) in [7, 11) is 1.59. The minimum atomic E-state index is -0.702. The molecule has 0 amide bonds. The first kappa shape index (κ1) is 10.8. The third-order valence-corrected chi connectivity index (χ3v) is 3.46. The van der Waals surface area contributed by atoms with Crippen LogP contribution in [0.1, 0.15) is 29.5 Å². The van der Waals surface area contributed by atoms with Crippen molar-refractivity contribution >= 4 is 11.6 Å². The lowest BCUT2D eigenvalue weighted by Crippen LogP contribution is -2.10. The lowest BCUT2D eigenvalue weighted by Gasteiger charge is -2.19. The Bertz CT molecular complexity index is 409. The normalized spacial score (nSPS) is 17.7. The van der Waals surface area contributed by atoms with Crippen LogP contribution in [0.5, 0.6) is 5.75 Å². The van der Waals surface area contributed by atoms with Gasteiger partial charge in [0.25, 0.3) is 0 Å². The molecule has 1 aromatic rings. The van der Waals surface area contributed by atoms with E-state index in [1.54, 1.807) is 7.11 Å². The van der Waals surface area contributed by atoms with Gasteiger partial charge in [-0.15, -0.1) is 0 Å². The zero-order valence-electron chi connectivity index (χ0n) is 9.22. The maximum atomic E-state index is 10.2. The number of methoxy groups -OCH3 is 1. The van der Waals surface area contributed by atoms with Crippen molar-refractivity contribution in [1.82, 2.24) is 0 Å². The molecule has 2 nitrogen and oxygen atoms in total. The molecule has 1 N–H and O–H groups in total. The lowest BCUT2D eigenvalue weighted by molar-refractivity contribution is 0.146. The monoisotopic (exact) mass is 226 g/mol. The Kier molecular flexibility index (Phi) is 2.44. The van der Waals surface area contributed by atoms with E-state index in [2.05, 4.69) is 0 Å². The van der Waals surface area contributed by atoms with Gasteiger partial charge in [-0.3, -0.25) is 0 Å². The quantitative estimate of drug-likeness (QED) is 0.840. The predicted molar refractivity (Wildman–Crippen MR) is 60.6 cm³/mol. The first-order chi connectivity index (χ1) is 6.99. The van der Waals surface area contributed by atoms with Crippen LogP contribution < -0.4 is 4.74 Å². The van der Waals surface area contributed by atoms with Crippen LogP contribution in [0, 0.1) is 13.8 Å². The molecule has 1 aromatic carbocycles. The number of ether oxygens (including phenoxy) is 1. The molecule has 1 saturated carbocycles. The van der Waals surface area contributed by atoms with Crippen molar-refractivity contribution in [3.63, 3.8) is 0 Å². The number of halogens is 1. The largest absolute Gasteiger partial charge is 0.495 e. The summed E-state index contributed by atoms with van der Waals surface area (Å²) >= 11 is 6.17. The summed E-state index contributed by atoms with van der Waals surface area (Å²) in [5.74, 6) is 0.633. The summed E-state index contributed by atoms with van der Waals surface area (Å²) in [6, 6.07) is 2.00. The SMILES string of the molecule is COc1c(Cl)c(C)cc(C)c1C1(O)CC1. The van der Waals surface area contributed by atoms with Gasteiger partial charge in [-0.05, 0) is 37.8 Å². The lowest BCUT2D eigenvalue weighted by atomic mass is 9.98. The Morgan fingerprint density at radius 1 is 1.33 bits per heavy atom. The van der Waals surface area contributed by atoms with Gasteiger partial charge in [0.1, 0.15) is 5.75 Å². The van der Waals surface area contributed by atoms with Gasteiger partial charge in [-0.1, -0.05) is 17.7 Å². The van der Waals surface area contributed by atoms with Gasteiger partial charge in [0.05, 0.1) is 17.7 Å². The van der Waals surface area contributed by atoms with Crippen molar-refractivity contribution in [3.05, 3.63) is 27.8 Å². The van der Waals surface area contributed by atoms with Crippen LogP contribution in [-0.2, 0) is 5.60 Å². The van der Waals surface area contributed by atoms with Gasteiger partial charge in [-0.25, -0.2) is 0 Å². The minimum Gasteiger partial charge on any atom is -0.495 e. The molecule has 0 atom stereocenters. The van der Waals surface area contributed by atoms with E-state index in [9.17, 15) is 5.11 Å². The molecular weight excluding hydrogens is 212 g/mol. The second-order valence-electron chi connectivity index (χ2n) is 4.26. The molecule has 0 aliphatic heterocycles. The molecule has 0 saturated heterocycles. The van der Waals surface area contributed by atoms with Crippen LogP contribution in [-0.4, -0.2) is 12.2 Å². The molecule has 1 aliphatic rings. The van der Waals surface area contributed by atoms with Crippen molar-refractivity contribution < 1.29 is 9.84 Å². The van der Waals surface area contributed by atoms with E-state index in [4.69, 9.17) is 16.3 Å². The highest BCUT2D eigenvalue weighted by atomic mass is 35.5. The van der Waals surface area contributed by atoms with Crippen LogP contribution in [0.2, 0.25) is 5.02 Å². The maximum absolute atomic E-state index is 10.2. The summed E-state index contributed by atoms with van der Waals surface area (Å²) in [6.45, 7) is 3.93. The number of benzene rings is 1. The number of aliphatic hydroxyl groups is 1. The summed E-state index contributed by atoms with van der Waals surface area (Å²) in [5.41, 5.74) is 2.20. The fraction of sp³-hybridized carbons (Fsp3) is 0.500. The Hall–Kier alpha value is -0.730. The summed E-state index contributed by atoms with van der Waals surface area (Å²) in [4.78, 5) is 0. The molecule has 0 unspecified atom stereocenters. The van der Waals surface area contributed by atoms with E-state index in [1.807, 2.05) is 19.9 Å². The van der Waals surface area contributed by atoms with Crippen molar-refractivity contribution in [2.45, 2.75) is 32.3 Å².